The smallest absolute Gasteiger partial charge is 0.416 e. The lowest BCUT2D eigenvalue weighted by atomic mass is 10.1. The molecule has 0 spiro atoms. The van der Waals surface area contributed by atoms with E-state index >= 15 is 0 Å². The summed E-state index contributed by atoms with van der Waals surface area (Å²) >= 11 is 6.01. The number of benzene rings is 2. The van der Waals surface area contributed by atoms with E-state index in [1.807, 2.05) is 0 Å². The maximum absolute atomic E-state index is 12.9. The Morgan fingerprint density at radius 1 is 1.10 bits per heavy atom. The molecule has 0 unspecified atom stereocenters. The van der Waals surface area contributed by atoms with Crippen LogP contribution in [0.15, 0.2) is 41.3 Å². The zero-order valence-corrected chi connectivity index (χ0v) is 17.7. The van der Waals surface area contributed by atoms with Crippen LogP contribution in [-0.4, -0.2) is 50.9 Å². The zero-order valence-electron chi connectivity index (χ0n) is 16.1. The van der Waals surface area contributed by atoms with E-state index < -0.39 is 32.4 Å². The Labute approximate surface area is 181 Å². The number of hydrogen-bond donors (Lipinski definition) is 0. The Morgan fingerprint density at radius 3 is 2.26 bits per heavy atom. The third-order valence-corrected chi connectivity index (χ3v) is 7.03. The van der Waals surface area contributed by atoms with Gasteiger partial charge in [0.2, 0.25) is 10.0 Å². The second kappa shape index (κ2) is 8.52. The van der Waals surface area contributed by atoms with Crippen LogP contribution in [0.25, 0.3) is 0 Å². The molecule has 1 heterocycles. The van der Waals surface area contributed by atoms with Gasteiger partial charge in [-0.2, -0.15) is 17.5 Å². The monoisotopic (exact) mass is 479 g/mol. The van der Waals surface area contributed by atoms with E-state index in [0.29, 0.717) is 11.8 Å². The quantitative estimate of drug-likeness (QED) is 0.478. The fourth-order valence-corrected chi connectivity index (χ4v) is 5.01. The highest BCUT2D eigenvalue weighted by Gasteiger charge is 2.35. The van der Waals surface area contributed by atoms with Gasteiger partial charge in [-0.25, -0.2) is 8.42 Å². The number of sulfonamides is 1. The lowest BCUT2D eigenvalue weighted by Gasteiger charge is -2.35. The van der Waals surface area contributed by atoms with E-state index in [1.165, 1.54) is 34.5 Å². The molecule has 0 aromatic heterocycles. The molecule has 3 rings (SSSR count). The van der Waals surface area contributed by atoms with Gasteiger partial charge in [0, 0.05) is 32.2 Å². The van der Waals surface area contributed by atoms with Gasteiger partial charge in [0.05, 0.1) is 27.5 Å². The highest BCUT2D eigenvalue weighted by Crippen LogP contribution is 2.37. The number of methoxy groups -OCH3 is 1. The van der Waals surface area contributed by atoms with Crippen molar-refractivity contribution in [2.24, 2.45) is 0 Å². The number of halogens is 4. The number of piperazine rings is 1. The summed E-state index contributed by atoms with van der Waals surface area (Å²) in [5, 5.41) is 11.4. The van der Waals surface area contributed by atoms with Gasteiger partial charge in [-0.05, 0) is 30.3 Å². The summed E-state index contributed by atoms with van der Waals surface area (Å²) in [6, 6.07) is 6.34. The number of anilines is 1. The second-order valence-corrected chi connectivity index (χ2v) is 8.99. The molecule has 0 aliphatic carbocycles. The van der Waals surface area contributed by atoms with E-state index in [-0.39, 0.29) is 41.8 Å². The highest BCUT2D eigenvalue weighted by atomic mass is 35.5. The molecule has 1 aliphatic rings. The Morgan fingerprint density at radius 2 is 1.74 bits per heavy atom. The molecule has 31 heavy (non-hydrogen) atoms. The van der Waals surface area contributed by atoms with E-state index in [0.717, 1.165) is 12.1 Å². The maximum atomic E-state index is 12.9. The lowest BCUT2D eigenvalue weighted by Crippen LogP contribution is -2.48. The maximum Gasteiger partial charge on any atom is 0.416 e. The molecular formula is C18H17ClF3N3O5S. The summed E-state index contributed by atoms with van der Waals surface area (Å²) in [6.07, 6.45) is -4.71. The molecule has 0 N–H and O–H groups in total. The molecule has 0 radical (unpaired) electrons. The highest BCUT2D eigenvalue weighted by molar-refractivity contribution is 7.89. The molecule has 8 nitrogen and oxygen atoms in total. The zero-order chi connectivity index (χ0) is 23.0. The molecule has 0 saturated carbocycles. The molecule has 0 amide bonds. The van der Waals surface area contributed by atoms with Crippen LogP contribution >= 0.6 is 11.6 Å². The van der Waals surface area contributed by atoms with Crippen LogP contribution in [0.3, 0.4) is 0 Å². The van der Waals surface area contributed by atoms with Crippen LogP contribution in [0, 0.1) is 10.1 Å². The van der Waals surface area contributed by atoms with Crippen molar-refractivity contribution in [2.45, 2.75) is 11.1 Å². The summed E-state index contributed by atoms with van der Waals surface area (Å²) in [7, 11) is -2.49. The van der Waals surface area contributed by atoms with Gasteiger partial charge in [-0.3, -0.25) is 10.1 Å². The van der Waals surface area contributed by atoms with Crippen molar-refractivity contribution in [1.29, 1.82) is 0 Å². The number of nitro benzene ring substituents is 1. The van der Waals surface area contributed by atoms with E-state index in [9.17, 15) is 31.7 Å². The number of ether oxygens (including phenoxy) is 1. The summed E-state index contributed by atoms with van der Waals surface area (Å²) in [4.78, 5) is 11.9. The fourth-order valence-electron chi connectivity index (χ4n) is 3.24. The largest absolute Gasteiger partial charge is 0.495 e. The van der Waals surface area contributed by atoms with Gasteiger partial charge in [0.25, 0.3) is 5.69 Å². The summed E-state index contributed by atoms with van der Waals surface area (Å²) in [5.74, 6) is 0.319. The van der Waals surface area contributed by atoms with E-state index in [2.05, 4.69) is 0 Å². The Kier molecular flexibility index (Phi) is 6.35. The van der Waals surface area contributed by atoms with Crippen molar-refractivity contribution >= 4 is 33.0 Å². The Hall–Kier alpha value is -2.57. The first-order valence-corrected chi connectivity index (χ1v) is 10.7. The lowest BCUT2D eigenvalue weighted by molar-refractivity contribution is -0.384. The number of nitrogens with zero attached hydrogens (tertiary/aromatic N) is 3. The van der Waals surface area contributed by atoms with Crippen LogP contribution in [0.5, 0.6) is 5.75 Å². The number of rotatable bonds is 5. The molecule has 168 valence electrons. The average Bonchev–Trinajstić information content (AvgIpc) is 2.72. The van der Waals surface area contributed by atoms with Crippen molar-refractivity contribution in [3.05, 3.63) is 57.1 Å². The van der Waals surface area contributed by atoms with Gasteiger partial charge >= 0.3 is 6.18 Å². The van der Waals surface area contributed by atoms with Crippen LogP contribution in [-0.2, 0) is 16.2 Å². The van der Waals surface area contributed by atoms with Crippen molar-refractivity contribution in [3.8, 4) is 5.75 Å². The van der Waals surface area contributed by atoms with Crippen molar-refractivity contribution in [1.82, 2.24) is 4.31 Å². The minimum Gasteiger partial charge on any atom is -0.495 e. The summed E-state index contributed by atoms with van der Waals surface area (Å²) in [5.41, 5.74) is -1.81. The molecule has 13 heteroatoms. The van der Waals surface area contributed by atoms with Gasteiger partial charge < -0.3 is 9.64 Å². The number of hydrogen-bond acceptors (Lipinski definition) is 6. The van der Waals surface area contributed by atoms with Crippen molar-refractivity contribution in [2.75, 3.05) is 38.2 Å². The van der Waals surface area contributed by atoms with Gasteiger partial charge in [0.15, 0.2) is 0 Å². The molecule has 2 aromatic rings. The first-order valence-electron chi connectivity index (χ1n) is 8.89. The predicted molar refractivity (Wildman–Crippen MR) is 107 cm³/mol. The third kappa shape index (κ3) is 4.70. The molecule has 0 atom stereocenters. The van der Waals surface area contributed by atoms with Gasteiger partial charge in [-0.15, -0.1) is 0 Å². The predicted octanol–water partition coefficient (Wildman–Crippen LogP) is 3.79. The minimum atomic E-state index is -4.71. The minimum absolute atomic E-state index is 0.00235. The third-order valence-electron chi connectivity index (χ3n) is 4.84. The average molecular weight is 480 g/mol. The molecule has 1 saturated heterocycles. The molecular weight excluding hydrogens is 463 g/mol. The number of nitro groups is 1. The van der Waals surface area contributed by atoms with Crippen LogP contribution in [0.1, 0.15) is 5.56 Å². The first kappa shape index (κ1) is 23.1. The van der Waals surface area contributed by atoms with E-state index in [1.54, 1.807) is 0 Å². The number of alkyl halides is 3. The Balaban J connectivity index is 1.80. The molecule has 1 aliphatic heterocycles. The van der Waals surface area contributed by atoms with Crippen molar-refractivity contribution < 1.29 is 31.2 Å². The van der Waals surface area contributed by atoms with E-state index in [4.69, 9.17) is 16.3 Å². The summed E-state index contributed by atoms with van der Waals surface area (Å²) in [6.45, 7) is 0.110. The van der Waals surface area contributed by atoms with Crippen molar-refractivity contribution in [3.63, 3.8) is 0 Å². The van der Waals surface area contributed by atoms with Crippen LogP contribution in [0.4, 0.5) is 24.5 Å². The summed E-state index contributed by atoms with van der Waals surface area (Å²) < 4.78 is 70.7. The normalized spacial score (nSPS) is 15.7. The first-order chi connectivity index (χ1) is 14.4. The molecule has 2 aromatic carbocycles. The van der Waals surface area contributed by atoms with Crippen LogP contribution < -0.4 is 9.64 Å². The second-order valence-electron chi connectivity index (χ2n) is 6.65. The SMILES string of the molecule is COc1ccc(S(=O)(=O)N2CCN(c3ccc(C(F)(F)F)cc3[N+](=O)[O-])CC2)cc1Cl. The topological polar surface area (TPSA) is 93.0 Å². The standard InChI is InChI=1S/C18H17ClF3N3O5S/c1-30-17-5-3-13(11-14(17)19)31(28,29)24-8-6-23(7-9-24)15-4-2-12(18(20,21)22)10-16(15)25(26)27/h2-5,10-11H,6-9H2,1H3. The molecule has 1 fully saturated rings. The van der Waals surface area contributed by atoms with Gasteiger partial charge in [-0.1, -0.05) is 11.6 Å². The Bertz CT molecular complexity index is 1100. The fraction of sp³-hybridized carbons (Fsp3) is 0.333. The molecule has 0 bridgehead atoms. The van der Waals surface area contributed by atoms with Crippen LogP contribution in [0.2, 0.25) is 5.02 Å². The van der Waals surface area contributed by atoms with Gasteiger partial charge in [0.1, 0.15) is 11.4 Å².